The van der Waals surface area contributed by atoms with E-state index in [1.54, 1.807) is 42.6 Å². The van der Waals surface area contributed by atoms with Crippen LogP contribution in [0.2, 0.25) is 0 Å². The number of carbonyl (C=O) groups excluding carboxylic acids is 1. The second-order valence-electron chi connectivity index (χ2n) is 4.17. The molecule has 0 radical (unpaired) electrons. The minimum atomic E-state index is -0.455. The zero-order chi connectivity index (χ0) is 15.2. The summed E-state index contributed by atoms with van der Waals surface area (Å²) in [4.78, 5) is 11.2. The van der Waals surface area contributed by atoms with Gasteiger partial charge < -0.3 is 20.5 Å². The monoisotopic (exact) mass is 285 g/mol. The van der Waals surface area contributed by atoms with Crippen molar-refractivity contribution in [1.29, 1.82) is 0 Å². The van der Waals surface area contributed by atoms with Crippen molar-refractivity contribution >= 4 is 17.4 Å². The molecule has 0 atom stereocenters. The van der Waals surface area contributed by atoms with Crippen LogP contribution in [0.4, 0.5) is 5.69 Å². The van der Waals surface area contributed by atoms with Crippen LogP contribution in [-0.2, 0) is 4.74 Å². The largest absolute Gasteiger partial charge is 0.612 e. The number of ether oxygens (including phenoxy) is 1. The lowest BCUT2D eigenvalue weighted by molar-refractivity contribution is -0.377. The smallest absolute Gasteiger partial charge is 0.339 e. The van der Waals surface area contributed by atoms with Crippen LogP contribution in [-0.4, -0.2) is 23.7 Å². The molecule has 108 valence electrons. The molecule has 6 heteroatoms. The third-order valence-corrected chi connectivity index (χ3v) is 2.83. The summed E-state index contributed by atoms with van der Waals surface area (Å²) < 4.78 is 4.70. The molecule has 1 aliphatic rings. The summed E-state index contributed by atoms with van der Waals surface area (Å²) in [6, 6.07) is 6.92. The van der Waals surface area contributed by atoms with Crippen molar-refractivity contribution in [3.63, 3.8) is 0 Å². The quantitative estimate of drug-likeness (QED) is 0.523. The first-order valence-electron chi connectivity index (χ1n) is 6.13. The second-order valence-corrected chi connectivity index (χ2v) is 4.17. The molecule has 2 rings (SSSR count). The number of hydrogen-bond acceptors (Lipinski definition) is 5. The molecule has 0 heterocycles. The van der Waals surface area contributed by atoms with Crippen LogP contribution >= 0.6 is 0 Å². The lowest BCUT2D eigenvalue weighted by Gasteiger charge is -2.10. The Balaban J connectivity index is 2.17. The Labute approximate surface area is 121 Å². The highest BCUT2D eigenvalue weighted by atomic mass is 16.8. The molecule has 21 heavy (non-hydrogen) atoms. The fourth-order valence-electron chi connectivity index (χ4n) is 1.75. The van der Waals surface area contributed by atoms with E-state index in [-0.39, 0.29) is 5.71 Å². The maximum Gasteiger partial charge on any atom is 0.339 e. The van der Waals surface area contributed by atoms with Crippen molar-refractivity contribution in [3.8, 4) is 0 Å². The minimum Gasteiger partial charge on any atom is -0.612 e. The average Bonchev–Trinajstić information content (AvgIpc) is 2.52. The van der Waals surface area contributed by atoms with Crippen LogP contribution in [0.3, 0.4) is 0 Å². The highest BCUT2D eigenvalue weighted by molar-refractivity contribution is 6.02. The number of esters is 1. The molecule has 1 aromatic rings. The molecule has 1 N–H and O–H groups in total. The van der Waals surface area contributed by atoms with Gasteiger partial charge in [-0.15, -0.1) is 0 Å². The lowest BCUT2D eigenvalue weighted by atomic mass is 10.1. The Morgan fingerprint density at radius 3 is 2.48 bits per heavy atom. The zero-order valence-electron chi connectivity index (χ0n) is 11.3. The van der Waals surface area contributed by atoms with Gasteiger partial charge in [0.1, 0.15) is 0 Å². The van der Waals surface area contributed by atoms with Gasteiger partial charge in [0.05, 0.1) is 18.4 Å². The van der Waals surface area contributed by atoms with Gasteiger partial charge >= 0.3 is 5.97 Å². The van der Waals surface area contributed by atoms with Gasteiger partial charge in [-0.05, 0) is 29.9 Å². The van der Waals surface area contributed by atoms with Crippen molar-refractivity contribution < 1.29 is 14.4 Å². The van der Waals surface area contributed by atoms with E-state index in [4.69, 9.17) is 4.74 Å². The number of para-hydroxylation sites is 1. The fraction of sp³-hybridized carbons (Fsp3) is 0.0667. The van der Waals surface area contributed by atoms with E-state index in [0.717, 1.165) is 5.57 Å². The van der Waals surface area contributed by atoms with Gasteiger partial charge in [0.15, 0.2) is 0 Å². The summed E-state index contributed by atoms with van der Waals surface area (Å²) in [7, 11) is 1.32. The summed E-state index contributed by atoms with van der Waals surface area (Å²) >= 11 is 0. The number of hydrogen-bond donors (Lipinski definition) is 1. The Bertz CT molecular complexity index is 650. The number of anilines is 1. The fourth-order valence-corrected chi connectivity index (χ4v) is 1.75. The molecular weight excluding hydrogens is 272 g/mol. The van der Waals surface area contributed by atoms with E-state index in [0.29, 0.717) is 11.3 Å². The average molecular weight is 285 g/mol. The summed E-state index contributed by atoms with van der Waals surface area (Å²) in [6.07, 6.45) is 7.72. The molecule has 0 fully saturated rings. The molecule has 1 aliphatic carbocycles. The van der Waals surface area contributed by atoms with Crippen molar-refractivity contribution in [3.05, 3.63) is 76.3 Å². The van der Waals surface area contributed by atoms with Crippen molar-refractivity contribution in [2.24, 2.45) is 0 Å². The zero-order valence-corrected chi connectivity index (χ0v) is 11.3. The first-order valence-corrected chi connectivity index (χ1v) is 6.13. The predicted octanol–water partition coefficient (Wildman–Crippen LogP) is 2.34. The Kier molecular flexibility index (Phi) is 4.40. The van der Waals surface area contributed by atoms with Crippen LogP contribution in [0, 0.1) is 10.4 Å². The van der Waals surface area contributed by atoms with E-state index in [1.807, 2.05) is 0 Å². The number of nitrogens with one attached hydrogen (secondary N) is 1. The van der Waals surface area contributed by atoms with E-state index in [2.05, 4.69) is 5.32 Å². The number of carbonyl (C=O) groups is 1. The van der Waals surface area contributed by atoms with Gasteiger partial charge in [0.2, 0.25) is 5.71 Å². The topological polar surface area (TPSA) is 87.5 Å². The van der Waals surface area contributed by atoms with Gasteiger partial charge in [0, 0.05) is 18.4 Å². The van der Waals surface area contributed by atoms with Crippen LogP contribution < -0.4 is 5.32 Å². The van der Waals surface area contributed by atoms with E-state index >= 15 is 0 Å². The Morgan fingerprint density at radius 2 is 1.86 bits per heavy atom. The second kappa shape index (κ2) is 6.42. The predicted molar refractivity (Wildman–Crippen MR) is 79.8 cm³/mol. The molecule has 0 aliphatic heterocycles. The standard InChI is InChI=1S/C15H13N2O4/c1-21-15(18)13-4-2-3-5-14(13)16-10-11-6-8-12(9-7-11)17(19)20/h2-10H,1H3,(H-,16,18,19,20)/q-1. The number of allylic oxidation sites excluding steroid dienone is 5. The normalized spacial score (nSPS) is 13.0. The van der Waals surface area contributed by atoms with Gasteiger partial charge in [-0.25, -0.2) is 4.79 Å². The molecular formula is C15H13N2O4-. The summed E-state index contributed by atoms with van der Waals surface area (Å²) in [6.45, 7) is 0. The first-order chi connectivity index (χ1) is 10.1. The van der Waals surface area contributed by atoms with E-state index < -0.39 is 10.9 Å². The van der Waals surface area contributed by atoms with Gasteiger partial charge in [-0.2, -0.15) is 4.90 Å². The Morgan fingerprint density at radius 1 is 1.19 bits per heavy atom. The van der Waals surface area contributed by atoms with Gasteiger partial charge in [-0.3, -0.25) is 0 Å². The van der Waals surface area contributed by atoms with Crippen molar-refractivity contribution in [2.45, 2.75) is 0 Å². The number of methoxy groups -OCH3 is 1. The molecule has 1 aromatic carbocycles. The molecule has 0 unspecified atom stereocenters. The number of rotatable bonds is 3. The molecule has 0 amide bonds. The highest BCUT2D eigenvalue weighted by Gasteiger charge is 2.10. The highest BCUT2D eigenvalue weighted by Crippen LogP contribution is 2.17. The molecule has 0 bridgehead atoms. The van der Waals surface area contributed by atoms with Crippen LogP contribution in [0.25, 0.3) is 0 Å². The molecule has 6 nitrogen and oxygen atoms in total. The third kappa shape index (κ3) is 3.50. The number of nitrogens with zero attached hydrogens (tertiary/aromatic N) is 1. The van der Waals surface area contributed by atoms with E-state index in [1.165, 1.54) is 19.3 Å². The first kappa shape index (κ1) is 14.4. The lowest BCUT2D eigenvalue weighted by Crippen LogP contribution is -2.07. The van der Waals surface area contributed by atoms with Crippen molar-refractivity contribution in [2.75, 3.05) is 12.4 Å². The Hall–Kier alpha value is -3.02. The molecule has 0 saturated heterocycles. The SMILES string of the molecule is COC(=O)c1ccccc1NC=C1C=CC(=[N+]([O-])[O-])C=C1. The summed E-state index contributed by atoms with van der Waals surface area (Å²) in [5.41, 5.74) is 1.79. The maximum atomic E-state index is 11.6. The molecule has 0 aromatic heterocycles. The maximum absolute atomic E-state index is 11.6. The summed E-state index contributed by atoms with van der Waals surface area (Å²) in [5, 5.41) is 24.1. The third-order valence-electron chi connectivity index (χ3n) is 2.83. The van der Waals surface area contributed by atoms with E-state index in [9.17, 15) is 15.2 Å². The molecule has 0 spiro atoms. The van der Waals surface area contributed by atoms with Gasteiger partial charge in [-0.1, -0.05) is 12.1 Å². The number of benzene rings is 1. The van der Waals surface area contributed by atoms with Crippen LogP contribution in [0.1, 0.15) is 10.4 Å². The van der Waals surface area contributed by atoms with Crippen LogP contribution in [0.5, 0.6) is 0 Å². The van der Waals surface area contributed by atoms with Gasteiger partial charge in [0.25, 0.3) is 0 Å². The van der Waals surface area contributed by atoms with Crippen LogP contribution in [0.15, 0.2) is 60.3 Å². The van der Waals surface area contributed by atoms with Crippen molar-refractivity contribution in [1.82, 2.24) is 0 Å². The molecule has 0 saturated carbocycles. The minimum absolute atomic E-state index is 0.0297. The summed E-state index contributed by atoms with van der Waals surface area (Å²) in [5.74, 6) is -0.435.